The van der Waals surface area contributed by atoms with E-state index in [1.807, 2.05) is 6.55 Å². The fourth-order valence-corrected chi connectivity index (χ4v) is 2.17. The van der Waals surface area contributed by atoms with Crippen LogP contribution in [0.1, 0.15) is 6.92 Å². The lowest BCUT2D eigenvalue weighted by Gasteiger charge is -2.23. The van der Waals surface area contributed by atoms with E-state index in [2.05, 4.69) is 6.58 Å². The molecule has 14 heavy (non-hydrogen) atoms. The molecule has 0 rings (SSSR count). The lowest BCUT2D eigenvalue weighted by Crippen LogP contribution is -2.45. The van der Waals surface area contributed by atoms with Crippen LogP contribution in [0.3, 0.4) is 0 Å². The molecule has 0 aromatic carbocycles. The minimum absolute atomic E-state index is 0.295. The highest BCUT2D eigenvalue weighted by Crippen LogP contribution is 2.06. The molecular formula is C9H18O4Si. The molecule has 0 fully saturated rings. The quantitative estimate of drug-likeness (QED) is 0.380. The number of rotatable bonds is 6. The Morgan fingerprint density at radius 1 is 1.36 bits per heavy atom. The third kappa shape index (κ3) is 4.55. The summed E-state index contributed by atoms with van der Waals surface area (Å²) >= 11 is 0. The lowest BCUT2D eigenvalue weighted by atomic mass is 10.4. The van der Waals surface area contributed by atoms with Crippen molar-refractivity contribution in [1.29, 1.82) is 0 Å². The van der Waals surface area contributed by atoms with Crippen molar-refractivity contribution in [1.82, 2.24) is 0 Å². The van der Waals surface area contributed by atoms with Crippen molar-refractivity contribution in [3.05, 3.63) is 12.2 Å². The van der Waals surface area contributed by atoms with Gasteiger partial charge in [-0.1, -0.05) is 6.58 Å². The van der Waals surface area contributed by atoms with Crippen LogP contribution in [0.15, 0.2) is 12.2 Å². The number of methoxy groups -OCH3 is 1. The Labute approximate surface area is 86.0 Å². The summed E-state index contributed by atoms with van der Waals surface area (Å²) in [5.41, 5.74) is 0.398. The van der Waals surface area contributed by atoms with E-state index in [1.54, 1.807) is 21.1 Å². The van der Waals surface area contributed by atoms with E-state index in [4.69, 9.17) is 13.9 Å². The standard InChI is InChI=1S/C9H18O4Si/c1-8(2)9(10)13-7-14(5,12-4)6-11-3/h1,6-7H2,2-5H3. The van der Waals surface area contributed by atoms with E-state index in [0.29, 0.717) is 18.0 Å². The predicted octanol–water partition coefficient (Wildman–Crippen LogP) is 1.05. The molecule has 5 heteroatoms. The molecule has 0 radical (unpaired) electrons. The molecule has 4 nitrogen and oxygen atoms in total. The van der Waals surface area contributed by atoms with Crippen LogP contribution in [-0.2, 0) is 18.7 Å². The minimum atomic E-state index is -2.04. The summed E-state index contributed by atoms with van der Waals surface area (Å²) in [5.74, 6) is -0.378. The number of esters is 1. The number of ether oxygens (including phenoxy) is 2. The molecule has 0 aliphatic heterocycles. The van der Waals surface area contributed by atoms with Crippen molar-refractivity contribution in [2.45, 2.75) is 13.5 Å². The highest BCUT2D eigenvalue weighted by molar-refractivity contribution is 6.72. The minimum Gasteiger partial charge on any atom is -0.463 e. The first-order valence-electron chi connectivity index (χ1n) is 4.32. The third-order valence-corrected chi connectivity index (χ3v) is 4.44. The first-order chi connectivity index (χ1) is 6.45. The fourth-order valence-electron chi connectivity index (χ4n) is 0.806. The number of hydrogen-bond donors (Lipinski definition) is 0. The van der Waals surface area contributed by atoms with Gasteiger partial charge in [0.2, 0.25) is 0 Å². The molecule has 0 bridgehead atoms. The van der Waals surface area contributed by atoms with Crippen LogP contribution in [0.25, 0.3) is 0 Å². The molecule has 0 saturated heterocycles. The maximum Gasteiger partial charge on any atom is 0.332 e. The monoisotopic (exact) mass is 218 g/mol. The molecule has 0 aromatic heterocycles. The van der Waals surface area contributed by atoms with Crippen LogP contribution < -0.4 is 0 Å². The van der Waals surface area contributed by atoms with E-state index < -0.39 is 8.32 Å². The Kier molecular flexibility index (Phi) is 5.67. The van der Waals surface area contributed by atoms with Crippen LogP contribution in [0.4, 0.5) is 0 Å². The van der Waals surface area contributed by atoms with Gasteiger partial charge in [0.05, 0.1) is 6.23 Å². The van der Waals surface area contributed by atoms with Crippen molar-refractivity contribution in [3.63, 3.8) is 0 Å². The molecule has 0 aliphatic rings. The Hall–Kier alpha value is -0.653. The zero-order valence-electron chi connectivity index (χ0n) is 9.25. The summed E-state index contributed by atoms with van der Waals surface area (Å²) in [4.78, 5) is 11.1. The Morgan fingerprint density at radius 3 is 2.29 bits per heavy atom. The average Bonchev–Trinajstić information content (AvgIpc) is 2.14. The van der Waals surface area contributed by atoms with Gasteiger partial charge in [-0.25, -0.2) is 4.79 Å². The van der Waals surface area contributed by atoms with Gasteiger partial charge >= 0.3 is 5.97 Å². The average molecular weight is 218 g/mol. The van der Waals surface area contributed by atoms with Gasteiger partial charge in [-0.05, 0) is 13.5 Å². The van der Waals surface area contributed by atoms with Crippen molar-refractivity contribution < 1.29 is 18.7 Å². The summed E-state index contributed by atoms with van der Waals surface area (Å²) in [7, 11) is 1.17. The van der Waals surface area contributed by atoms with Crippen molar-refractivity contribution in [3.8, 4) is 0 Å². The summed E-state index contributed by atoms with van der Waals surface area (Å²) in [5, 5.41) is 0. The SMILES string of the molecule is C=C(C)C(=O)OC[Si](C)(COC)OC. The summed E-state index contributed by atoms with van der Waals surface area (Å²) in [6.45, 7) is 7.06. The van der Waals surface area contributed by atoms with Gasteiger partial charge in [0, 0.05) is 19.8 Å². The van der Waals surface area contributed by atoms with Crippen LogP contribution in [0.5, 0.6) is 0 Å². The molecular weight excluding hydrogens is 200 g/mol. The summed E-state index contributed by atoms with van der Waals surface area (Å²) in [6.07, 6.45) is 0.802. The van der Waals surface area contributed by atoms with E-state index >= 15 is 0 Å². The Bertz CT molecular complexity index is 217. The fraction of sp³-hybridized carbons (Fsp3) is 0.667. The first-order valence-corrected chi connectivity index (χ1v) is 7.14. The molecule has 1 atom stereocenters. The highest BCUT2D eigenvalue weighted by Gasteiger charge is 2.30. The van der Waals surface area contributed by atoms with Gasteiger partial charge in [-0.3, -0.25) is 0 Å². The van der Waals surface area contributed by atoms with Gasteiger partial charge in [-0.15, -0.1) is 0 Å². The molecule has 0 spiro atoms. The molecule has 0 amide bonds. The number of carbonyl (C=O) groups is 1. The third-order valence-electron chi connectivity index (χ3n) is 1.80. The molecule has 0 aliphatic carbocycles. The summed E-state index contributed by atoms with van der Waals surface area (Å²) in [6, 6.07) is 0. The number of carbonyl (C=O) groups excluding carboxylic acids is 1. The zero-order chi connectivity index (χ0) is 11.2. The smallest absolute Gasteiger partial charge is 0.332 e. The van der Waals surface area contributed by atoms with Gasteiger partial charge in [0.25, 0.3) is 8.32 Å². The van der Waals surface area contributed by atoms with Gasteiger partial charge < -0.3 is 13.9 Å². The van der Waals surface area contributed by atoms with Gasteiger partial charge in [0.1, 0.15) is 6.23 Å². The molecule has 0 saturated carbocycles. The summed E-state index contributed by atoms with van der Waals surface area (Å²) < 4.78 is 15.4. The maximum atomic E-state index is 11.1. The first kappa shape index (κ1) is 13.3. The van der Waals surface area contributed by atoms with Crippen molar-refractivity contribution in [2.24, 2.45) is 0 Å². The van der Waals surface area contributed by atoms with E-state index in [9.17, 15) is 4.79 Å². The molecule has 0 N–H and O–H groups in total. The molecule has 0 aromatic rings. The highest BCUT2D eigenvalue weighted by atomic mass is 28.4. The van der Waals surface area contributed by atoms with Crippen LogP contribution in [0, 0.1) is 0 Å². The molecule has 1 unspecified atom stereocenters. The van der Waals surface area contributed by atoms with Crippen LogP contribution in [-0.4, -0.2) is 41.0 Å². The van der Waals surface area contributed by atoms with Gasteiger partial charge in [0.15, 0.2) is 0 Å². The lowest BCUT2D eigenvalue weighted by molar-refractivity contribution is -0.137. The van der Waals surface area contributed by atoms with E-state index in [1.165, 1.54) is 0 Å². The Balaban J connectivity index is 4.07. The normalized spacial score (nSPS) is 14.6. The van der Waals surface area contributed by atoms with Crippen molar-refractivity contribution in [2.75, 3.05) is 26.7 Å². The zero-order valence-corrected chi connectivity index (χ0v) is 10.3. The molecule has 82 valence electrons. The van der Waals surface area contributed by atoms with Crippen LogP contribution in [0.2, 0.25) is 6.55 Å². The van der Waals surface area contributed by atoms with E-state index in [-0.39, 0.29) is 5.97 Å². The van der Waals surface area contributed by atoms with Crippen molar-refractivity contribution >= 4 is 14.3 Å². The van der Waals surface area contributed by atoms with Gasteiger partial charge in [-0.2, -0.15) is 0 Å². The van der Waals surface area contributed by atoms with E-state index in [0.717, 1.165) is 0 Å². The Morgan fingerprint density at radius 2 is 1.93 bits per heavy atom. The second-order valence-corrected chi connectivity index (χ2v) is 7.33. The second-order valence-electron chi connectivity index (χ2n) is 3.44. The van der Waals surface area contributed by atoms with Crippen LogP contribution >= 0.6 is 0 Å². The number of hydrogen-bond acceptors (Lipinski definition) is 4. The maximum absolute atomic E-state index is 11.1. The topological polar surface area (TPSA) is 44.8 Å². The second kappa shape index (κ2) is 5.95. The largest absolute Gasteiger partial charge is 0.463 e. The predicted molar refractivity (Wildman–Crippen MR) is 56.3 cm³/mol. The molecule has 0 heterocycles.